The minimum absolute atomic E-state index is 0.697. The number of aromatic nitrogens is 2. The van der Waals surface area contributed by atoms with Crippen LogP contribution in [0, 0.1) is 0 Å². The molecule has 1 aromatic heterocycles. The molecule has 18 heavy (non-hydrogen) atoms. The third-order valence-corrected chi connectivity index (χ3v) is 4.24. The molecule has 1 aliphatic carbocycles. The minimum atomic E-state index is 0.697. The van der Waals surface area contributed by atoms with E-state index < -0.39 is 0 Å². The fourth-order valence-electron chi connectivity index (χ4n) is 3.15. The number of hydrogen-bond donors (Lipinski definition) is 1. The molecule has 1 aliphatic heterocycles. The fourth-order valence-corrected chi connectivity index (χ4v) is 3.15. The summed E-state index contributed by atoms with van der Waals surface area (Å²) in [6.07, 6.45) is 8.76. The van der Waals surface area contributed by atoms with Crippen LogP contribution < -0.4 is 10.2 Å². The lowest BCUT2D eigenvalue weighted by molar-refractivity contribution is 0.498. The van der Waals surface area contributed by atoms with E-state index in [1.807, 2.05) is 0 Å². The summed E-state index contributed by atoms with van der Waals surface area (Å²) in [5.74, 6) is 1.22. The van der Waals surface area contributed by atoms with E-state index in [1.54, 1.807) is 0 Å². The van der Waals surface area contributed by atoms with Crippen molar-refractivity contribution < 1.29 is 0 Å². The zero-order chi connectivity index (χ0) is 12.4. The van der Waals surface area contributed by atoms with E-state index in [4.69, 9.17) is 4.98 Å². The number of rotatable bonds is 3. The third-order valence-electron chi connectivity index (χ3n) is 4.24. The lowest BCUT2D eigenvalue weighted by Crippen LogP contribution is -2.44. The number of imidazole rings is 1. The Hall–Kier alpha value is -1.03. The Morgan fingerprint density at radius 1 is 1.28 bits per heavy atom. The Balaban J connectivity index is 1.87. The molecule has 100 valence electrons. The molecular formula is C14H24N4. The highest BCUT2D eigenvalue weighted by atomic mass is 15.3. The van der Waals surface area contributed by atoms with Crippen LogP contribution in [0.1, 0.15) is 44.3 Å². The molecular weight excluding hydrogens is 224 g/mol. The van der Waals surface area contributed by atoms with Gasteiger partial charge in [0.05, 0.1) is 5.69 Å². The van der Waals surface area contributed by atoms with Gasteiger partial charge < -0.3 is 14.8 Å². The summed E-state index contributed by atoms with van der Waals surface area (Å²) in [5, 5.41) is 3.42. The van der Waals surface area contributed by atoms with Gasteiger partial charge in [0.25, 0.3) is 0 Å². The summed E-state index contributed by atoms with van der Waals surface area (Å²) in [4.78, 5) is 7.31. The van der Waals surface area contributed by atoms with Crippen molar-refractivity contribution in [2.45, 2.75) is 45.1 Å². The first-order valence-electron chi connectivity index (χ1n) is 7.42. The van der Waals surface area contributed by atoms with Gasteiger partial charge in [0, 0.05) is 38.4 Å². The molecule has 1 N–H and O–H groups in total. The van der Waals surface area contributed by atoms with E-state index >= 15 is 0 Å². The second kappa shape index (κ2) is 5.31. The predicted molar refractivity (Wildman–Crippen MR) is 74.2 cm³/mol. The Labute approximate surface area is 109 Å². The molecule has 2 aliphatic rings. The van der Waals surface area contributed by atoms with E-state index in [9.17, 15) is 0 Å². The second-order valence-electron chi connectivity index (χ2n) is 5.47. The van der Waals surface area contributed by atoms with Crippen LogP contribution in [0.5, 0.6) is 0 Å². The van der Waals surface area contributed by atoms with Gasteiger partial charge in [-0.25, -0.2) is 4.98 Å². The Morgan fingerprint density at radius 2 is 2.00 bits per heavy atom. The number of aryl methyl sites for hydroxylation is 1. The first-order chi connectivity index (χ1) is 8.88. The maximum absolute atomic E-state index is 4.86. The summed E-state index contributed by atoms with van der Waals surface area (Å²) in [7, 11) is 0. The number of nitrogens with zero attached hydrogens (tertiary/aromatic N) is 3. The Morgan fingerprint density at radius 3 is 2.67 bits per heavy atom. The molecule has 4 heteroatoms. The van der Waals surface area contributed by atoms with Crippen LogP contribution in [-0.4, -0.2) is 35.7 Å². The maximum Gasteiger partial charge on any atom is 0.206 e. The SMILES string of the molecule is CCc1cn(C2CCCC2)c(N2CCNCC2)n1. The fraction of sp³-hybridized carbons (Fsp3) is 0.786. The van der Waals surface area contributed by atoms with E-state index in [1.165, 1.54) is 37.3 Å². The summed E-state index contributed by atoms with van der Waals surface area (Å²) in [5.41, 5.74) is 1.25. The number of anilines is 1. The van der Waals surface area contributed by atoms with Crippen molar-refractivity contribution in [1.29, 1.82) is 0 Å². The van der Waals surface area contributed by atoms with Gasteiger partial charge in [-0.3, -0.25) is 0 Å². The van der Waals surface area contributed by atoms with E-state index in [2.05, 4.69) is 27.9 Å². The van der Waals surface area contributed by atoms with Gasteiger partial charge in [-0.15, -0.1) is 0 Å². The molecule has 2 fully saturated rings. The van der Waals surface area contributed by atoms with Crippen molar-refractivity contribution in [1.82, 2.24) is 14.9 Å². The van der Waals surface area contributed by atoms with Crippen molar-refractivity contribution >= 4 is 5.95 Å². The van der Waals surface area contributed by atoms with Gasteiger partial charge in [0.1, 0.15) is 0 Å². The van der Waals surface area contributed by atoms with Crippen LogP contribution in [0.2, 0.25) is 0 Å². The second-order valence-corrected chi connectivity index (χ2v) is 5.47. The minimum Gasteiger partial charge on any atom is -0.340 e. The van der Waals surface area contributed by atoms with E-state index in [-0.39, 0.29) is 0 Å². The molecule has 0 atom stereocenters. The summed E-state index contributed by atoms with van der Waals surface area (Å²) >= 11 is 0. The van der Waals surface area contributed by atoms with Crippen molar-refractivity contribution in [3.05, 3.63) is 11.9 Å². The molecule has 0 aromatic carbocycles. The third kappa shape index (κ3) is 2.26. The summed E-state index contributed by atoms with van der Waals surface area (Å²) in [6.45, 7) is 6.54. The zero-order valence-electron chi connectivity index (χ0n) is 11.4. The predicted octanol–water partition coefficient (Wildman–Crippen LogP) is 1.97. The van der Waals surface area contributed by atoms with Crippen LogP contribution in [0.4, 0.5) is 5.95 Å². The van der Waals surface area contributed by atoms with Crippen molar-refractivity contribution in [2.24, 2.45) is 0 Å². The maximum atomic E-state index is 4.86. The molecule has 1 saturated carbocycles. The van der Waals surface area contributed by atoms with Gasteiger partial charge in [0.15, 0.2) is 0 Å². The zero-order valence-corrected chi connectivity index (χ0v) is 11.4. The van der Waals surface area contributed by atoms with Gasteiger partial charge in [-0.2, -0.15) is 0 Å². The molecule has 0 radical (unpaired) electrons. The highest BCUT2D eigenvalue weighted by Gasteiger charge is 2.24. The lowest BCUT2D eigenvalue weighted by Gasteiger charge is -2.30. The van der Waals surface area contributed by atoms with E-state index in [0.29, 0.717) is 6.04 Å². The van der Waals surface area contributed by atoms with Crippen LogP contribution >= 0.6 is 0 Å². The summed E-state index contributed by atoms with van der Waals surface area (Å²) in [6, 6.07) is 0.697. The highest BCUT2D eigenvalue weighted by molar-refractivity contribution is 5.35. The van der Waals surface area contributed by atoms with E-state index in [0.717, 1.165) is 32.6 Å². The number of nitrogens with one attached hydrogen (secondary N) is 1. The van der Waals surface area contributed by atoms with Crippen LogP contribution in [0.3, 0.4) is 0 Å². The summed E-state index contributed by atoms with van der Waals surface area (Å²) < 4.78 is 2.47. The number of piperazine rings is 1. The molecule has 2 heterocycles. The standard InChI is InChI=1S/C14H24N4/c1-2-12-11-18(13-5-3-4-6-13)14(16-12)17-9-7-15-8-10-17/h11,13,15H,2-10H2,1H3. The molecule has 3 rings (SSSR count). The molecule has 0 unspecified atom stereocenters. The molecule has 1 aromatic rings. The average Bonchev–Trinajstić information content (AvgIpc) is 3.08. The normalized spacial score (nSPS) is 21.7. The van der Waals surface area contributed by atoms with Crippen LogP contribution in [0.25, 0.3) is 0 Å². The van der Waals surface area contributed by atoms with Gasteiger partial charge in [-0.1, -0.05) is 19.8 Å². The van der Waals surface area contributed by atoms with Crippen molar-refractivity contribution in [3.8, 4) is 0 Å². The molecule has 0 spiro atoms. The van der Waals surface area contributed by atoms with Gasteiger partial charge in [-0.05, 0) is 19.3 Å². The molecule has 4 nitrogen and oxygen atoms in total. The number of hydrogen-bond acceptors (Lipinski definition) is 3. The smallest absolute Gasteiger partial charge is 0.206 e. The van der Waals surface area contributed by atoms with Gasteiger partial charge >= 0.3 is 0 Å². The lowest BCUT2D eigenvalue weighted by atomic mass is 10.2. The molecule has 0 amide bonds. The topological polar surface area (TPSA) is 33.1 Å². The average molecular weight is 248 g/mol. The van der Waals surface area contributed by atoms with Gasteiger partial charge in [0.2, 0.25) is 5.95 Å². The highest BCUT2D eigenvalue weighted by Crippen LogP contribution is 2.33. The van der Waals surface area contributed by atoms with Crippen LogP contribution in [0.15, 0.2) is 6.20 Å². The monoisotopic (exact) mass is 248 g/mol. The largest absolute Gasteiger partial charge is 0.340 e. The first kappa shape index (κ1) is 12.0. The van der Waals surface area contributed by atoms with Crippen molar-refractivity contribution in [3.63, 3.8) is 0 Å². The Kier molecular flexibility index (Phi) is 3.55. The Bertz CT molecular complexity index is 386. The quantitative estimate of drug-likeness (QED) is 0.888. The molecule has 0 bridgehead atoms. The van der Waals surface area contributed by atoms with Crippen LogP contribution in [-0.2, 0) is 6.42 Å². The first-order valence-corrected chi connectivity index (χ1v) is 7.42. The van der Waals surface area contributed by atoms with Crippen molar-refractivity contribution in [2.75, 3.05) is 31.1 Å². The molecule has 1 saturated heterocycles.